The van der Waals surface area contributed by atoms with E-state index in [1.165, 1.54) is 5.56 Å². The van der Waals surface area contributed by atoms with Crippen LogP contribution in [0.5, 0.6) is 0 Å². The van der Waals surface area contributed by atoms with E-state index in [9.17, 15) is 0 Å². The molecule has 3 nitrogen and oxygen atoms in total. The molecule has 0 amide bonds. The van der Waals surface area contributed by atoms with Crippen LogP contribution in [0.4, 0.5) is 5.69 Å². The van der Waals surface area contributed by atoms with Crippen LogP contribution >= 0.6 is 0 Å². The van der Waals surface area contributed by atoms with Gasteiger partial charge in [0.05, 0.1) is 11.2 Å². The molecule has 0 radical (unpaired) electrons. The molecule has 0 fully saturated rings. The fourth-order valence-electron chi connectivity index (χ4n) is 1.67. The SMILES string of the molecule is Cc1ccc(-c2nn(C(C)(C)C)cc2N)cc1. The second-order valence-electron chi connectivity index (χ2n) is 5.41. The maximum Gasteiger partial charge on any atom is 0.115 e. The van der Waals surface area contributed by atoms with E-state index in [0.717, 1.165) is 16.9 Å². The van der Waals surface area contributed by atoms with Crippen LogP contribution in [0, 0.1) is 6.92 Å². The molecule has 0 saturated heterocycles. The van der Waals surface area contributed by atoms with Crippen molar-refractivity contribution in [1.82, 2.24) is 9.78 Å². The molecule has 0 aliphatic heterocycles. The lowest BCUT2D eigenvalue weighted by molar-refractivity contribution is 0.356. The minimum atomic E-state index is -0.0446. The third-order valence-corrected chi connectivity index (χ3v) is 2.75. The highest BCUT2D eigenvalue weighted by molar-refractivity contribution is 5.72. The Labute approximate surface area is 102 Å². The molecule has 0 aliphatic carbocycles. The van der Waals surface area contributed by atoms with Crippen molar-refractivity contribution in [3.63, 3.8) is 0 Å². The second kappa shape index (κ2) is 3.91. The van der Waals surface area contributed by atoms with E-state index in [-0.39, 0.29) is 5.54 Å². The van der Waals surface area contributed by atoms with E-state index < -0.39 is 0 Å². The second-order valence-corrected chi connectivity index (χ2v) is 5.41. The van der Waals surface area contributed by atoms with Crippen molar-refractivity contribution in [2.24, 2.45) is 0 Å². The van der Waals surface area contributed by atoms with Crippen molar-refractivity contribution in [1.29, 1.82) is 0 Å². The molecule has 17 heavy (non-hydrogen) atoms. The average molecular weight is 229 g/mol. The fraction of sp³-hybridized carbons (Fsp3) is 0.357. The minimum Gasteiger partial charge on any atom is -0.396 e. The summed E-state index contributed by atoms with van der Waals surface area (Å²) in [7, 11) is 0. The van der Waals surface area contributed by atoms with Gasteiger partial charge in [-0.25, -0.2) is 0 Å². The van der Waals surface area contributed by atoms with Gasteiger partial charge in [0.1, 0.15) is 5.69 Å². The van der Waals surface area contributed by atoms with E-state index in [2.05, 4.69) is 57.1 Å². The number of rotatable bonds is 1. The smallest absolute Gasteiger partial charge is 0.115 e. The lowest BCUT2D eigenvalue weighted by Gasteiger charge is -2.18. The molecular formula is C14H19N3. The monoisotopic (exact) mass is 229 g/mol. The highest BCUT2D eigenvalue weighted by Crippen LogP contribution is 2.26. The first-order chi connectivity index (χ1) is 7.88. The van der Waals surface area contributed by atoms with Gasteiger partial charge in [-0.1, -0.05) is 29.8 Å². The van der Waals surface area contributed by atoms with E-state index in [4.69, 9.17) is 5.73 Å². The third kappa shape index (κ3) is 2.33. The van der Waals surface area contributed by atoms with Crippen LogP contribution in [0.25, 0.3) is 11.3 Å². The van der Waals surface area contributed by atoms with Crippen molar-refractivity contribution in [3.05, 3.63) is 36.0 Å². The Morgan fingerprint density at radius 2 is 1.71 bits per heavy atom. The van der Waals surface area contributed by atoms with E-state index in [1.54, 1.807) is 0 Å². The van der Waals surface area contributed by atoms with E-state index >= 15 is 0 Å². The van der Waals surface area contributed by atoms with Crippen LogP contribution in [0.1, 0.15) is 26.3 Å². The van der Waals surface area contributed by atoms with Crippen LogP contribution < -0.4 is 5.73 Å². The van der Waals surface area contributed by atoms with Crippen LogP contribution in [0.2, 0.25) is 0 Å². The minimum absolute atomic E-state index is 0.0446. The summed E-state index contributed by atoms with van der Waals surface area (Å²) in [5, 5.41) is 4.57. The van der Waals surface area contributed by atoms with Gasteiger partial charge in [0.2, 0.25) is 0 Å². The van der Waals surface area contributed by atoms with Crippen molar-refractivity contribution in [2.75, 3.05) is 5.73 Å². The standard InChI is InChI=1S/C14H19N3/c1-10-5-7-11(8-6-10)13-12(15)9-17(16-13)14(2,3)4/h5-9H,15H2,1-4H3. The maximum atomic E-state index is 6.02. The number of aromatic nitrogens is 2. The Morgan fingerprint density at radius 3 is 2.18 bits per heavy atom. The molecule has 1 heterocycles. The Kier molecular flexibility index (Phi) is 2.69. The number of hydrogen-bond acceptors (Lipinski definition) is 2. The predicted molar refractivity (Wildman–Crippen MR) is 71.8 cm³/mol. The van der Waals surface area contributed by atoms with Gasteiger partial charge >= 0.3 is 0 Å². The van der Waals surface area contributed by atoms with Crippen molar-refractivity contribution >= 4 is 5.69 Å². The predicted octanol–water partition coefficient (Wildman–Crippen LogP) is 3.20. The number of hydrogen-bond donors (Lipinski definition) is 1. The lowest BCUT2D eigenvalue weighted by Crippen LogP contribution is -2.22. The Morgan fingerprint density at radius 1 is 1.12 bits per heavy atom. The first-order valence-electron chi connectivity index (χ1n) is 5.80. The lowest BCUT2D eigenvalue weighted by atomic mass is 10.1. The summed E-state index contributed by atoms with van der Waals surface area (Å²) in [5.41, 5.74) is 9.87. The summed E-state index contributed by atoms with van der Waals surface area (Å²) < 4.78 is 1.91. The van der Waals surface area contributed by atoms with E-state index in [0.29, 0.717) is 0 Å². The van der Waals surface area contributed by atoms with Crippen molar-refractivity contribution < 1.29 is 0 Å². The zero-order valence-electron chi connectivity index (χ0n) is 10.9. The molecule has 3 heteroatoms. The molecule has 2 N–H and O–H groups in total. The molecule has 0 saturated carbocycles. The van der Waals surface area contributed by atoms with Crippen molar-refractivity contribution in [2.45, 2.75) is 33.2 Å². The first kappa shape index (κ1) is 11.7. The summed E-state index contributed by atoms with van der Waals surface area (Å²) >= 11 is 0. The highest BCUT2D eigenvalue weighted by Gasteiger charge is 2.17. The van der Waals surface area contributed by atoms with Crippen LogP contribution in [0.15, 0.2) is 30.5 Å². The molecular weight excluding hydrogens is 210 g/mol. The van der Waals surface area contributed by atoms with Gasteiger partial charge in [-0.15, -0.1) is 0 Å². The molecule has 90 valence electrons. The first-order valence-corrected chi connectivity index (χ1v) is 5.80. The normalized spacial score (nSPS) is 11.8. The highest BCUT2D eigenvalue weighted by atomic mass is 15.3. The van der Waals surface area contributed by atoms with Gasteiger partial charge in [0.25, 0.3) is 0 Å². The molecule has 0 spiro atoms. The third-order valence-electron chi connectivity index (χ3n) is 2.75. The van der Waals surface area contributed by atoms with Gasteiger partial charge in [-0.05, 0) is 27.7 Å². The number of benzene rings is 1. The molecule has 0 aliphatic rings. The summed E-state index contributed by atoms with van der Waals surface area (Å²) in [4.78, 5) is 0. The van der Waals surface area contributed by atoms with Crippen LogP contribution in [0.3, 0.4) is 0 Å². The summed E-state index contributed by atoms with van der Waals surface area (Å²) in [6.07, 6.45) is 1.90. The van der Waals surface area contributed by atoms with Crippen molar-refractivity contribution in [3.8, 4) is 11.3 Å². The molecule has 0 unspecified atom stereocenters. The summed E-state index contributed by atoms with van der Waals surface area (Å²) in [6, 6.07) is 8.26. The van der Waals surface area contributed by atoms with Gasteiger partial charge < -0.3 is 5.73 Å². The summed E-state index contributed by atoms with van der Waals surface area (Å²) in [6.45, 7) is 8.40. The van der Waals surface area contributed by atoms with Crippen LogP contribution in [-0.2, 0) is 5.54 Å². The Hall–Kier alpha value is -1.77. The number of nitrogens with zero attached hydrogens (tertiary/aromatic N) is 2. The zero-order chi connectivity index (χ0) is 12.6. The quantitative estimate of drug-likeness (QED) is 0.816. The molecule has 0 atom stereocenters. The maximum absolute atomic E-state index is 6.02. The molecule has 2 aromatic rings. The molecule has 2 rings (SSSR count). The molecule has 0 bridgehead atoms. The van der Waals surface area contributed by atoms with Gasteiger partial charge in [0.15, 0.2) is 0 Å². The average Bonchev–Trinajstić information content (AvgIpc) is 2.61. The molecule has 1 aromatic heterocycles. The molecule has 1 aromatic carbocycles. The topological polar surface area (TPSA) is 43.8 Å². The van der Waals surface area contributed by atoms with E-state index in [1.807, 2.05) is 10.9 Å². The number of nitrogens with two attached hydrogens (primary N) is 1. The van der Waals surface area contributed by atoms with Gasteiger partial charge in [-0.2, -0.15) is 5.10 Å². The zero-order valence-corrected chi connectivity index (χ0v) is 10.9. The largest absolute Gasteiger partial charge is 0.396 e. The van der Waals surface area contributed by atoms with Crippen LogP contribution in [-0.4, -0.2) is 9.78 Å². The number of aryl methyl sites for hydroxylation is 1. The Bertz CT molecular complexity index is 515. The number of nitrogen functional groups attached to an aromatic ring is 1. The fourth-order valence-corrected chi connectivity index (χ4v) is 1.67. The Balaban J connectivity index is 2.46. The number of anilines is 1. The van der Waals surface area contributed by atoms with Gasteiger partial charge in [0, 0.05) is 11.8 Å². The summed E-state index contributed by atoms with van der Waals surface area (Å²) in [5.74, 6) is 0. The van der Waals surface area contributed by atoms with Gasteiger partial charge in [-0.3, -0.25) is 4.68 Å².